The number of hydrogen-bond acceptors (Lipinski definition) is 3. The number of benzene rings is 3. The monoisotopic (exact) mass is 382 g/mol. The maximum absolute atomic E-state index is 12.4. The van der Waals surface area contributed by atoms with Gasteiger partial charge in [0.25, 0.3) is 0 Å². The number of amides is 1. The standard InChI is InChI=1S/C21H22N2O3S/c1-27(25,26)23(15-17-8-3-2-4-9-17)16-21(24)22-14-19-12-7-11-18-10-5-6-13-20(18)19/h2-13H,14-16H2,1H3,(H,22,24). The molecule has 0 heterocycles. The molecule has 5 nitrogen and oxygen atoms in total. The van der Waals surface area contributed by atoms with Gasteiger partial charge in [-0.1, -0.05) is 72.8 Å². The summed E-state index contributed by atoms with van der Waals surface area (Å²) in [4.78, 5) is 12.4. The summed E-state index contributed by atoms with van der Waals surface area (Å²) in [6, 6.07) is 23.1. The zero-order valence-electron chi connectivity index (χ0n) is 15.1. The second-order valence-electron chi connectivity index (χ2n) is 6.43. The number of sulfonamides is 1. The first-order chi connectivity index (χ1) is 12.9. The van der Waals surface area contributed by atoms with Crippen molar-refractivity contribution < 1.29 is 13.2 Å². The molecule has 0 fully saturated rings. The second-order valence-corrected chi connectivity index (χ2v) is 8.41. The van der Waals surface area contributed by atoms with Crippen LogP contribution in [-0.2, 0) is 27.9 Å². The lowest BCUT2D eigenvalue weighted by Crippen LogP contribution is -2.39. The van der Waals surface area contributed by atoms with Crippen molar-refractivity contribution in [2.45, 2.75) is 13.1 Å². The fourth-order valence-corrected chi connectivity index (χ4v) is 3.67. The van der Waals surface area contributed by atoms with E-state index in [1.807, 2.05) is 72.8 Å². The topological polar surface area (TPSA) is 66.5 Å². The van der Waals surface area contributed by atoms with Gasteiger partial charge in [0.1, 0.15) is 0 Å². The van der Waals surface area contributed by atoms with Gasteiger partial charge in [0, 0.05) is 13.1 Å². The predicted molar refractivity (Wildman–Crippen MR) is 107 cm³/mol. The Kier molecular flexibility index (Phi) is 5.88. The molecule has 0 aliphatic heterocycles. The van der Waals surface area contributed by atoms with Crippen molar-refractivity contribution in [1.82, 2.24) is 9.62 Å². The molecule has 0 unspecified atom stereocenters. The summed E-state index contributed by atoms with van der Waals surface area (Å²) in [5.74, 6) is -0.329. The number of rotatable bonds is 7. The summed E-state index contributed by atoms with van der Waals surface area (Å²) < 4.78 is 25.3. The van der Waals surface area contributed by atoms with Gasteiger partial charge in [0.15, 0.2) is 0 Å². The molecule has 6 heteroatoms. The summed E-state index contributed by atoms with van der Waals surface area (Å²) in [7, 11) is -3.50. The number of hydrogen-bond donors (Lipinski definition) is 1. The van der Waals surface area contributed by atoms with Gasteiger partial charge < -0.3 is 5.32 Å². The molecule has 0 bridgehead atoms. The lowest BCUT2D eigenvalue weighted by atomic mass is 10.0. The van der Waals surface area contributed by atoms with E-state index in [2.05, 4.69) is 5.32 Å². The molecule has 0 aliphatic rings. The first-order valence-corrected chi connectivity index (χ1v) is 10.5. The third-order valence-corrected chi connectivity index (χ3v) is 5.54. The van der Waals surface area contributed by atoms with E-state index in [1.165, 1.54) is 4.31 Å². The SMILES string of the molecule is CS(=O)(=O)N(CC(=O)NCc1cccc2ccccc12)Cc1ccccc1. The zero-order chi connectivity index (χ0) is 19.3. The minimum atomic E-state index is -3.50. The molecule has 0 saturated heterocycles. The van der Waals surface area contributed by atoms with E-state index >= 15 is 0 Å². The average Bonchev–Trinajstić information content (AvgIpc) is 2.66. The van der Waals surface area contributed by atoms with Crippen LogP contribution in [0.15, 0.2) is 72.8 Å². The first kappa shape index (κ1) is 19.1. The van der Waals surface area contributed by atoms with Gasteiger partial charge in [-0.05, 0) is 21.9 Å². The maximum Gasteiger partial charge on any atom is 0.235 e. The van der Waals surface area contributed by atoms with Gasteiger partial charge in [-0.3, -0.25) is 4.79 Å². The molecule has 1 amide bonds. The summed E-state index contributed by atoms with van der Waals surface area (Å²) in [5.41, 5.74) is 1.83. The van der Waals surface area contributed by atoms with Crippen LogP contribution in [0, 0.1) is 0 Å². The highest BCUT2D eigenvalue weighted by molar-refractivity contribution is 7.88. The molecule has 27 heavy (non-hydrogen) atoms. The average molecular weight is 382 g/mol. The third-order valence-electron chi connectivity index (χ3n) is 4.35. The first-order valence-electron chi connectivity index (χ1n) is 8.66. The lowest BCUT2D eigenvalue weighted by Gasteiger charge is -2.19. The molecule has 0 saturated carbocycles. The van der Waals surface area contributed by atoms with Crippen molar-refractivity contribution in [2.75, 3.05) is 12.8 Å². The van der Waals surface area contributed by atoms with Crippen molar-refractivity contribution in [1.29, 1.82) is 0 Å². The van der Waals surface area contributed by atoms with Gasteiger partial charge >= 0.3 is 0 Å². The van der Waals surface area contributed by atoms with Crippen LogP contribution in [0.1, 0.15) is 11.1 Å². The van der Waals surface area contributed by atoms with E-state index in [0.717, 1.165) is 28.2 Å². The molecule has 3 aromatic carbocycles. The van der Waals surface area contributed by atoms with Crippen molar-refractivity contribution in [3.05, 3.63) is 83.9 Å². The van der Waals surface area contributed by atoms with Crippen molar-refractivity contribution in [3.8, 4) is 0 Å². The van der Waals surface area contributed by atoms with Crippen molar-refractivity contribution >= 4 is 26.7 Å². The van der Waals surface area contributed by atoms with E-state index in [-0.39, 0.29) is 19.0 Å². The highest BCUT2D eigenvalue weighted by Gasteiger charge is 2.20. The van der Waals surface area contributed by atoms with E-state index in [4.69, 9.17) is 0 Å². The van der Waals surface area contributed by atoms with Crippen LogP contribution in [0.5, 0.6) is 0 Å². The smallest absolute Gasteiger partial charge is 0.235 e. The highest BCUT2D eigenvalue weighted by Crippen LogP contribution is 2.18. The van der Waals surface area contributed by atoms with Gasteiger partial charge in [-0.25, -0.2) is 8.42 Å². The fraction of sp³-hybridized carbons (Fsp3) is 0.190. The Labute approximate surface area is 159 Å². The lowest BCUT2D eigenvalue weighted by molar-refractivity contribution is -0.121. The van der Waals surface area contributed by atoms with Crippen molar-refractivity contribution in [2.24, 2.45) is 0 Å². The maximum atomic E-state index is 12.4. The second kappa shape index (κ2) is 8.33. The predicted octanol–water partition coefficient (Wildman–Crippen LogP) is 2.92. The van der Waals surface area contributed by atoms with Crippen LogP contribution in [-0.4, -0.2) is 31.4 Å². The van der Waals surface area contributed by atoms with Crippen LogP contribution in [0.2, 0.25) is 0 Å². The molecular weight excluding hydrogens is 360 g/mol. The van der Waals surface area contributed by atoms with E-state index in [9.17, 15) is 13.2 Å². The van der Waals surface area contributed by atoms with Crippen LogP contribution >= 0.6 is 0 Å². The van der Waals surface area contributed by atoms with Crippen molar-refractivity contribution in [3.63, 3.8) is 0 Å². The summed E-state index contributed by atoms with van der Waals surface area (Å²) in [5, 5.41) is 5.01. The fourth-order valence-electron chi connectivity index (χ4n) is 2.93. The Hall–Kier alpha value is -2.70. The minimum absolute atomic E-state index is 0.168. The Morgan fingerprint density at radius 2 is 1.59 bits per heavy atom. The van der Waals surface area contributed by atoms with Crippen LogP contribution in [0.4, 0.5) is 0 Å². The Bertz CT molecular complexity index is 1030. The number of fused-ring (bicyclic) bond motifs is 1. The number of carbonyl (C=O) groups is 1. The molecule has 0 spiro atoms. The number of nitrogens with zero attached hydrogens (tertiary/aromatic N) is 1. The van der Waals surface area contributed by atoms with Gasteiger partial charge in [0.2, 0.25) is 15.9 Å². The molecule has 3 aromatic rings. The normalized spacial score (nSPS) is 11.6. The summed E-state index contributed by atoms with van der Waals surface area (Å²) in [6.07, 6.45) is 1.12. The summed E-state index contributed by atoms with van der Waals surface area (Å²) >= 11 is 0. The van der Waals surface area contributed by atoms with Crippen LogP contribution in [0.25, 0.3) is 10.8 Å². The molecule has 3 rings (SSSR count). The molecule has 140 valence electrons. The van der Waals surface area contributed by atoms with Gasteiger partial charge in [0.05, 0.1) is 12.8 Å². The highest BCUT2D eigenvalue weighted by atomic mass is 32.2. The van der Waals surface area contributed by atoms with Gasteiger partial charge in [-0.15, -0.1) is 0 Å². The number of carbonyl (C=O) groups excluding carboxylic acids is 1. The quantitative estimate of drug-likeness (QED) is 0.683. The Morgan fingerprint density at radius 1 is 0.926 bits per heavy atom. The largest absolute Gasteiger partial charge is 0.351 e. The molecule has 0 aromatic heterocycles. The van der Waals surface area contributed by atoms with Crippen LogP contribution < -0.4 is 5.32 Å². The third kappa shape index (κ3) is 5.15. The molecular formula is C21H22N2O3S. The number of nitrogens with one attached hydrogen (secondary N) is 1. The molecule has 0 atom stereocenters. The van der Waals surface area contributed by atoms with E-state index < -0.39 is 10.0 Å². The molecule has 1 N–H and O–H groups in total. The Balaban J connectivity index is 1.67. The Morgan fingerprint density at radius 3 is 2.33 bits per heavy atom. The minimum Gasteiger partial charge on any atom is -0.351 e. The summed E-state index contributed by atoms with van der Waals surface area (Å²) in [6.45, 7) is 0.309. The molecule has 0 aliphatic carbocycles. The molecule has 0 radical (unpaired) electrons. The van der Waals surface area contributed by atoms with Crippen LogP contribution in [0.3, 0.4) is 0 Å². The van der Waals surface area contributed by atoms with E-state index in [0.29, 0.717) is 6.54 Å². The van der Waals surface area contributed by atoms with Gasteiger partial charge in [-0.2, -0.15) is 4.31 Å². The zero-order valence-corrected chi connectivity index (χ0v) is 15.9. The van der Waals surface area contributed by atoms with E-state index in [1.54, 1.807) is 0 Å².